The molecule has 3 amide bonds. The van der Waals surface area contributed by atoms with Gasteiger partial charge in [0, 0.05) is 49.5 Å². The number of nitrogens with one attached hydrogen (secondary N) is 2. The number of urea groups is 1. The number of hydrogen-bond donors (Lipinski definition) is 3. The first-order valence-electron chi connectivity index (χ1n) is 15.3. The summed E-state index contributed by atoms with van der Waals surface area (Å²) in [7, 11) is 1.60. The fourth-order valence-electron chi connectivity index (χ4n) is 5.07. The van der Waals surface area contributed by atoms with Crippen LogP contribution in [0.2, 0.25) is 0 Å². The van der Waals surface area contributed by atoms with Crippen LogP contribution in [0.15, 0.2) is 71.3 Å². The summed E-state index contributed by atoms with van der Waals surface area (Å²) in [5.74, 6) is -1.02. The summed E-state index contributed by atoms with van der Waals surface area (Å²) in [4.78, 5) is 45.0. The maximum Gasteiger partial charge on any atom is 0.412 e. The van der Waals surface area contributed by atoms with Crippen LogP contribution in [0.25, 0.3) is 22.8 Å². The van der Waals surface area contributed by atoms with E-state index in [2.05, 4.69) is 25.7 Å². The summed E-state index contributed by atoms with van der Waals surface area (Å²) in [5, 5.41) is 18.9. The highest BCUT2D eigenvalue weighted by Gasteiger charge is 2.27. The number of amides is 3. The zero-order valence-electron chi connectivity index (χ0n) is 27.0. The van der Waals surface area contributed by atoms with Gasteiger partial charge in [0.2, 0.25) is 5.82 Å². The van der Waals surface area contributed by atoms with Gasteiger partial charge in [-0.3, -0.25) is 5.32 Å². The number of rotatable bonds is 9. The van der Waals surface area contributed by atoms with Crippen LogP contribution < -0.4 is 20.3 Å². The minimum absolute atomic E-state index is 0.00174. The van der Waals surface area contributed by atoms with Gasteiger partial charge >= 0.3 is 18.1 Å². The van der Waals surface area contributed by atoms with Crippen molar-refractivity contribution < 1.29 is 37.9 Å². The van der Waals surface area contributed by atoms with E-state index in [1.807, 2.05) is 24.3 Å². The second-order valence-electron chi connectivity index (χ2n) is 12.2. The molecular weight excluding hydrogens is 623 g/mol. The van der Waals surface area contributed by atoms with E-state index in [1.54, 1.807) is 63.1 Å². The Bertz CT molecular complexity index is 1750. The molecule has 13 nitrogen and oxygen atoms in total. The number of aliphatic carboxylic acids is 1. The monoisotopic (exact) mass is 660 g/mol. The van der Waals surface area contributed by atoms with Gasteiger partial charge in [-0.2, -0.15) is 4.98 Å². The molecule has 2 heterocycles. The van der Waals surface area contributed by atoms with Gasteiger partial charge in [0.1, 0.15) is 23.2 Å². The Balaban J connectivity index is 1.17. The van der Waals surface area contributed by atoms with E-state index in [1.165, 1.54) is 12.1 Å². The maximum atomic E-state index is 15.2. The third-order valence-electron chi connectivity index (χ3n) is 7.52. The van der Waals surface area contributed by atoms with Crippen LogP contribution >= 0.6 is 0 Å². The molecule has 0 saturated carbocycles. The molecule has 1 aromatic heterocycles. The zero-order chi connectivity index (χ0) is 34.4. The fourth-order valence-corrected chi connectivity index (χ4v) is 5.07. The molecule has 1 aliphatic rings. The lowest BCUT2D eigenvalue weighted by molar-refractivity contribution is -0.139. The molecule has 0 aliphatic carbocycles. The van der Waals surface area contributed by atoms with Gasteiger partial charge in [0.25, 0.3) is 5.89 Å². The minimum Gasteiger partial charge on any atom is -0.497 e. The van der Waals surface area contributed by atoms with E-state index in [0.717, 1.165) is 11.4 Å². The minimum atomic E-state index is -1.27. The molecule has 3 N–H and O–H groups in total. The van der Waals surface area contributed by atoms with Gasteiger partial charge in [-0.15, -0.1) is 0 Å². The van der Waals surface area contributed by atoms with Crippen LogP contribution in [0.5, 0.6) is 5.75 Å². The van der Waals surface area contributed by atoms with Gasteiger partial charge in [0.15, 0.2) is 0 Å². The Kier molecular flexibility index (Phi) is 10.1. The number of nitrogens with zero attached hydrogens (tertiary/aromatic N) is 4. The molecule has 252 valence electrons. The number of methoxy groups -OCH3 is 1. The number of aromatic nitrogens is 2. The lowest BCUT2D eigenvalue weighted by Gasteiger charge is -2.36. The fraction of sp³-hybridized carbons (Fsp3) is 0.324. The largest absolute Gasteiger partial charge is 0.497 e. The Morgan fingerprint density at radius 1 is 1.00 bits per heavy atom. The maximum absolute atomic E-state index is 15.2. The zero-order valence-corrected chi connectivity index (χ0v) is 27.0. The molecule has 1 atom stereocenters. The molecule has 0 spiro atoms. The van der Waals surface area contributed by atoms with Crippen molar-refractivity contribution in [2.45, 2.75) is 38.8 Å². The topological polar surface area (TPSA) is 159 Å². The Labute approximate surface area is 276 Å². The van der Waals surface area contributed by atoms with E-state index in [-0.39, 0.29) is 23.7 Å². The van der Waals surface area contributed by atoms with Gasteiger partial charge in [-0.1, -0.05) is 11.2 Å². The molecular formula is C34H37FN6O7. The van der Waals surface area contributed by atoms with Crippen molar-refractivity contribution in [3.63, 3.8) is 0 Å². The van der Waals surface area contributed by atoms with Crippen molar-refractivity contribution >= 4 is 29.5 Å². The average molecular weight is 661 g/mol. The molecule has 1 unspecified atom stereocenters. The lowest BCUT2D eigenvalue weighted by atomic mass is 10.0. The molecule has 14 heteroatoms. The standard InChI is InChI=1S/C34H37FN6O7/c1-34(2,3)47-33(45)36-23-8-6-22(7-9-23)30-38-29(39-48-30)26-14-5-21(19-27(26)35)20-28(31(42)43)37-32(44)41-17-15-40(16-18-41)24-10-12-25(46-4)13-11-24/h5-14,19,28H,15-18,20H2,1-4H3,(H,36,45)(H,37,44)(H,42,43). The summed E-state index contributed by atoms with van der Waals surface area (Å²) in [6.07, 6.45) is -0.725. The first-order valence-corrected chi connectivity index (χ1v) is 15.3. The number of carbonyl (C=O) groups excluding carboxylic acids is 2. The van der Waals surface area contributed by atoms with Crippen molar-refractivity contribution in [1.82, 2.24) is 20.4 Å². The first kappa shape index (κ1) is 33.7. The normalized spacial score (nSPS) is 13.9. The number of carboxylic acid groups (broad SMARTS) is 1. The number of hydrogen-bond acceptors (Lipinski definition) is 9. The van der Waals surface area contributed by atoms with Crippen LogP contribution in [-0.2, 0) is 16.0 Å². The van der Waals surface area contributed by atoms with Crippen LogP contribution in [0.1, 0.15) is 26.3 Å². The van der Waals surface area contributed by atoms with E-state index in [0.29, 0.717) is 43.0 Å². The van der Waals surface area contributed by atoms with Crippen LogP contribution in [0, 0.1) is 5.82 Å². The molecule has 5 rings (SSSR count). The van der Waals surface area contributed by atoms with E-state index in [9.17, 15) is 19.5 Å². The number of carbonyl (C=O) groups is 3. The summed E-state index contributed by atoms with van der Waals surface area (Å²) in [5.41, 5.74) is 1.83. The molecule has 4 aromatic rings. The molecule has 1 fully saturated rings. The predicted molar refractivity (Wildman–Crippen MR) is 175 cm³/mol. The molecule has 1 saturated heterocycles. The Hall–Kier alpha value is -5.66. The van der Waals surface area contributed by atoms with E-state index < -0.39 is 35.6 Å². The lowest BCUT2D eigenvalue weighted by Crippen LogP contribution is -2.55. The number of piperazine rings is 1. The highest BCUT2D eigenvalue weighted by molar-refractivity contribution is 5.85. The molecule has 3 aromatic carbocycles. The van der Waals surface area contributed by atoms with Crippen molar-refractivity contribution in [3.8, 4) is 28.6 Å². The quantitative estimate of drug-likeness (QED) is 0.211. The average Bonchev–Trinajstić information content (AvgIpc) is 3.54. The summed E-state index contributed by atoms with van der Waals surface area (Å²) in [6.45, 7) is 7.28. The van der Waals surface area contributed by atoms with Gasteiger partial charge in [0.05, 0.1) is 12.7 Å². The van der Waals surface area contributed by atoms with Gasteiger partial charge < -0.3 is 34.2 Å². The Morgan fingerprint density at radius 3 is 2.29 bits per heavy atom. The third-order valence-corrected chi connectivity index (χ3v) is 7.52. The predicted octanol–water partition coefficient (Wildman–Crippen LogP) is 5.43. The smallest absolute Gasteiger partial charge is 0.412 e. The molecule has 0 bridgehead atoms. The van der Waals surface area contributed by atoms with Crippen molar-refractivity contribution in [3.05, 3.63) is 78.1 Å². The molecule has 1 aliphatic heterocycles. The molecule has 0 radical (unpaired) electrons. The van der Waals surface area contributed by atoms with Gasteiger partial charge in [-0.25, -0.2) is 18.8 Å². The second kappa shape index (κ2) is 14.4. The highest BCUT2D eigenvalue weighted by atomic mass is 19.1. The summed E-state index contributed by atoms with van der Waals surface area (Å²) >= 11 is 0. The van der Waals surface area contributed by atoms with Crippen LogP contribution in [-0.4, -0.2) is 83.2 Å². The first-order chi connectivity index (χ1) is 22.9. The van der Waals surface area contributed by atoms with Crippen molar-refractivity contribution in [1.29, 1.82) is 0 Å². The summed E-state index contributed by atoms with van der Waals surface area (Å²) < 4.78 is 31.0. The van der Waals surface area contributed by atoms with E-state index in [4.69, 9.17) is 14.0 Å². The van der Waals surface area contributed by atoms with Crippen molar-refractivity contribution in [2.24, 2.45) is 0 Å². The number of halogens is 1. The SMILES string of the molecule is COc1ccc(N2CCN(C(=O)NC(Cc3ccc(-c4noc(-c5ccc(NC(=O)OC(C)(C)C)cc5)n4)c(F)c3)C(=O)O)CC2)cc1. The van der Waals surface area contributed by atoms with Crippen LogP contribution in [0.4, 0.5) is 25.4 Å². The Morgan fingerprint density at radius 2 is 1.69 bits per heavy atom. The second-order valence-corrected chi connectivity index (χ2v) is 12.2. The third kappa shape index (κ3) is 8.57. The highest BCUT2D eigenvalue weighted by Crippen LogP contribution is 2.27. The molecule has 48 heavy (non-hydrogen) atoms. The number of ether oxygens (including phenoxy) is 2. The van der Waals surface area contributed by atoms with Crippen molar-refractivity contribution in [2.75, 3.05) is 43.5 Å². The van der Waals surface area contributed by atoms with Gasteiger partial charge in [-0.05, 0) is 87.0 Å². The number of anilines is 2. The summed E-state index contributed by atoms with van der Waals surface area (Å²) in [6, 6.07) is 16.6. The number of carboxylic acids is 1. The number of benzene rings is 3. The van der Waals surface area contributed by atoms with Crippen LogP contribution in [0.3, 0.4) is 0 Å². The van der Waals surface area contributed by atoms with E-state index >= 15 is 4.39 Å².